The molecule has 102 valence electrons. The molecule has 0 radical (unpaired) electrons. The van der Waals surface area contributed by atoms with E-state index in [4.69, 9.17) is 5.73 Å². The van der Waals surface area contributed by atoms with Crippen LogP contribution >= 0.6 is 11.8 Å². The van der Waals surface area contributed by atoms with Gasteiger partial charge in [-0.3, -0.25) is 0 Å². The van der Waals surface area contributed by atoms with Crippen LogP contribution in [0.15, 0.2) is 41.6 Å². The second-order valence-electron chi connectivity index (χ2n) is 4.60. The van der Waals surface area contributed by atoms with Gasteiger partial charge in [0.25, 0.3) is 0 Å². The summed E-state index contributed by atoms with van der Waals surface area (Å²) in [6.45, 7) is 2.16. The van der Waals surface area contributed by atoms with Crippen molar-refractivity contribution >= 4 is 11.8 Å². The van der Waals surface area contributed by atoms with E-state index in [1.807, 2.05) is 35.8 Å². The average molecular weight is 275 g/mol. The normalized spacial score (nSPS) is 12.6. The second kappa shape index (κ2) is 6.78. The van der Waals surface area contributed by atoms with E-state index in [0.29, 0.717) is 0 Å². The van der Waals surface area contributed by atoms with Gasteiger partial charge in [0, 0.05) is 36.8 Å². The lowest BCUT2D eigenvalue weighted by Crippen LogP contribution is -2.12. The monoisotopic (exact) mass is 275 g/mol. The minimum Gasteiger partial charge on any atom is -0.338 e. The standard InChI is InChI=1S/C15H21N3S/c1-3-19-13-6-4-12(5-7-13)14(16)8-9-15-17-10-11-18(15)2/h4-7,10-11,14H,3,8-9,16H2,1-2H3. The lowest BCUT2D eigenvalue weighted by Gasteiger charge is -2.12. The highest BCUT2D eigenvalue weighted by molar-refractivity contribution is 7.99. The Bertz CT molecular complexity index is 504. The van der Waals surface area contributed by atoms with E-state index >= 15 is 0 Å². The molecule has 2 aromatic rings. The minimum absolute atomic E-state index is 0.0809. The maximum absolute atomic E-state index is 6.24. The number of thioether (sulfide) groups is 1. The third kappa shape index (κ3) is 3.85. The smallest absolute Gasteiger partial charge is 0.108 e. The second-order valence-corrected chi connectivity index (χ2v) is 5.94. The van der Waals surface area contributed by atoms with Crippen LogP contribution in [0.1, 0.15) is 30.8 Å². The highest BCUT2D eigenvalue weighted by atomic mass is 32.2. The number of aromatic nitrogens is 2. The quantitative estimate of drug-likeness (QED) is 0.824. The molecule has 0 amide bonds. The van der Waals surface area contributed by atoms with Crippen LogP contribution < -0.4 is 5.73 Å². The van der Waals surface area contributed by atoms with Gasteiger partial charge in [0.2, 0.25) is 0 Å². The van der Waals surface area contributed by atoms with Gasteiger partial charge in [-0.25, -0.2) is 4.98 Å². The van der Waals surface area contributed by atoms with Gasteiger partial charge in [0.1, 0.15) is 5.82 Å². The molecule has 0 aliphatic carbocycles. The molecule has 4 heteroatoms. The maximum atomic E-state index is 6.24. The molecule has 1 aromatic carbocycles. The van der Waals surface area contributed by atoms with Crippen LogP contribution in [0.5, 0.6) is 0 Å². The van der Waals surface area contributed by atoms with Crippen LogP contribution in [0, 0.1) is 0 Å². The zero-order valence-corrected chi connectivity index (χ0v) is 12.4. The number of hydrogen-bond donors (Lipinski definition) is 1. The molecule has 0 saturated heterocycles. The summed E-state index contributed by atoms with van der Waals surface area (Å²) in [5.41, 5.74) is 7.45. The Hall–Kier alpha value is -1.26. The fraction of sp³-hybridized carbons (Fsp3) is 0.400. The number of benzene rings is 1. The van der Waals surface area contributed by atoms with Gasteiger partial charge < -0.3 is 10.3 Å². The summed E-state index contributed by atoms with van der Waals surface area (Å²) in [6.07, 6.45) is 5.64. The summed E-state index contributed by atoms with van der Waals surface area (Å²) in [4.78, 5) is 5.63. The summed E-state index contributed by atoms with van der Waals surface area (Å²) in [5.74, 6) is 2.19. The fourth-order valence-corrected chi connectivity index (χ4v) is 2.73. The Kier molecular flexibility index (Phi) is 5.05. The number of imidazole rings is 1. The molecular formula is C15H21N3S. The van der Waals surface area contributed by atoms with Crippen molar-refractivity contribution in [2.45, 2.75) is 30.7 Å². The van der Waals surface area contributed by atoms with E-state index in [-0.39, 0.29) is 6.04 Å². The Morgan fingerprint density at radius 2 is 2.05 bits per heavy atom. The topological polar surface area (TPSA) is 43.8 Å². The van der Waals surface area contributed by atoms with Gasteiger partial charge in [-0.15, -0.1) is 11.8 Å². The minimum atomic E-state index is 0.0809. The molecule has 0 fully saturated rings. The number of hydrogen-bond acceptors (Lipinski definition) is 3. The summed E-state index contributed by atoms with van der Waals surface area (Å²) in [6, 6.07) is 8.67. The number of nitrogens with two attached hydrogens (primary N) is 1. The molecule has 0 bridgehead atoms. The van der Waals surface area contributed by atoms with Crippen molar-refractivity contribution in [1.29, 1.82) is 0 Å². The molecular weight excluding hydrogens is 254 g/mol. The Labute approximate surface area is 119 Å². The fourth-order valence-electron chi connectivity index (χ4n) is 2.07. The predicted molar refractivity (Wildman–Crippen MR) is 81.3 cm³/mol. The van der Waals surface area contributed by atoms with E-state index in [1.54, 1.807) is 0 Å². The number of nitrogens with zero attached hydrogens (tertiary/aromatic N) is 2. The molecule has 1 heterocycles. The van der Waals surface area contributed by atoms with Crippen molar-refractivity contribution in [3.63, 3.8) is 0 Å². The zero-order valence-electron chi connectivity index (χ0n) is 11.5. The predicted octanol–water partition coefficient (Wildman–Crippen LogP) is 3.16. The van der Waals surface area contributed by atoms with Gasteiger partial charge in [-0.05, 0) is 29.9 Å². The third-order valence-corrected chi connectivity index (χ3v) is 4.11. The number of rotatable bonds is 6. The summed E-state index contributed by atoms with van der Waals surface area (Å²) in [5, 5.41) is 0. The van der Waals surface area contributed by atoms with E-state index < -0.39 is 0 Å². The van der Waals surface area contributed by atoms with Crippen LogP contribution in [0.2, 0.25) is 0 Å². The van der Waals surface area contributed by atoms with Gasteiger partial charge >= 0.3 is 0 Å². The molecule has 3 nitrogen and oxygen atoms in total. The molecule has 2 N–H and O–H groups in total. The van der Waals surface area contributed by atoms with E-state index in [0.717, 1.165) is 24.4 Å². The molecule has 1 atom stereocenters. The van der Waals surface area contributed by atoms with Crippen LogP contribution in [-0.2, 0) is 13.5 Å². The largest absolute Gasteiger partial charge is 0.338 e. The molecule has 2 rings (SSSR count). The molecule has 0 spiro atoms. The first kappa shape index (κ1) is 14.2. The van der Waals surface area contributed by atoms with Crippen molar-refractivity contribution in [2.75, 3.05) is 5.75 Å². The molecule has 1 unspecified atom stereocenters. The molecule has 1 aromatic heterocycles. The Morgan fingerprint density at radius 1 is 1.32 bits per heavy atom. The molecule has 0 aliphatic rings. The van der Waals surface area contributed by atoms with Crippen molar-refractivity contribution in [1.82, 2.24) is 9.55 Å². The molecule has 19 heavy (non-hydrogen) atoms. The first-order valence-electron chi connectivity index (χ1n) is 6.65. The van der Waals surface area contributed by atoms with Crippen molar-refractivity contribution in [3.05, 3.63) is 48.0 Å². The first-order valence-corrected chi connectivity index (χ1v) is 7.63. The maximum Gasteiger partial charge on any atom is 0.108 e. The lowest BCUT2D eigenvalue weighted by molar-refractivity contribution is 0.620. The van der Waals surface area contributed by atoms with Crippen molar-refractivity contribution < 1.29 is 0 Å². The average Bonchev–Trinajstić information content (AvgIpc) is 2.83. The third-order valence-electron chi connectivity index (χ3n) is 3.22. The summed E-state index contributed by atoms with van der Waals surface area (Å²) < 4.78 is 2.05. The van der Waals surface area contributed by atoms with E-state index in [2.05, 4.69) is 36.2 Å². The van der Waals surface area contributed by atoms with Gasteiger partial charge in [-0.2, -0.15) is 0 Å². The van der Waals surface area contributed by atoms with E-state index in [9.17, 15) is 0 Å². The van der Waals surface area contributed by atoms with Crippen LogP contribution in [0.25, 0.3) is 0 Å². The highest BCUT2D eigenvalue weighted by Crippen LogP contribution is 2.22. The SMILES string of the molecule is CCSc1ccc(C(N)CCc2nccn2C)cc1. The highest BCUT2D eigenvalue weighted by Gasteiger charge is 2.08. The zero-order chi connectivity index (χ0) is 13.7. The van der Waals surface area contributed by atoms with Gasteiger partial charge in [0.05, 0.1) is 0 Å². The van der Waals surface area contributed by atoms with Crippen molar-refractivity contribution in [3.8, 4) is 0 Å². The van der Waals surface area contributed by atoms with Gasteiger partial charge in [0.15, 0.2) is 0 Å². The Balaban J connectivity index is 1.92. The van der Waals surface area contributed by atoms with Crippen LogP contribution in [0.4, 0.5) is 0 Å². The first-order chi connectivity index (χ1) is 9.20. The van der Waals surface area contributed by atoms with Crippen molar-refractivity contribution in [2.24, 2.45) is 12.8 Å². The lowest BCUT2D eigenvalue weighted by atomic mass is 10.0. The summed E-state index contributed by atoms with van der Waals surface area (Å²) in [7, 11) is 2.02. The number of aryl methyl sites for hydroxylation is 2. The Morgan fingerprint density at radius 3 is 2.63 bits per heavy atom. The van der Waals surface area contributed by atoms with Crippen LogP contribution in [-0.4, -0.2) is 15.3 Å². The molecule has 0 saturated carbocycles. The van der Waals surface area contributed by atoms with Crippen LogP contribution in [0.3, 0.4) is 0 Å². The van der Waals surface area contributed by atoms with Gasteiger partial charge in [-0.1, -0.05) is 19.1 Å². The molecule has 0 aliphatic heterocycles. The summed E-state index contributed by atoms with van der Waals surface area (Å²) >= 11 is 1.85. The van der Waals surface area contributed by atoms with E-state index in [1.165, 1.54) is 10.5 Å².